The van der Waals surface area contributed by atoms with Gasteiger partial charge in [-0.25, -0.2) is 19.2 Å². The van der Waals surface area contributed by atoms with Crippen LogP contribution in [0.2, 0.25) is 0 Å². The number of benzene rings is 8. The average Bonchev–Trinajstić information content (AvgIpc) is 1.73. The lowest BCUT2D eigenvalue weighted by Gasteiger charge is -2.21. The number of amides is 1. The summed E-state index contributed by atoms with van der Waals surface area (Å²) in [6.07, 6.45) is 8.74. The number of carboxylic acid groups (broad SMARTS) is 3. The van der Waals surface area contributed by atoms with E-state index in [1.54, 1.807) is 31.4 Å². The van der Waals surface area contributed by atoms with Gasteiger partial charge in [0, 0.05) is 71.0 Å². The van der Waals surface area contributed by atoms with Crippen molar-refractivity contribution < 1.29 is 158 Å². The van der Waals surface area contributed by atoms with Crippen molar-refractivity contribution in [2.45, 2.75) is 24.4 Å². The van der Waals surface area contributed by atoms with Crippen LogP contribution in [-0.4, -0.2) is 351 Å². The molecule has 1 aromatic heterocycles. The monoisotopic (exact) mass is 1990 g/mol. The van der Waals surface area contributed by atoms with Crippen molar-refractivity contribution in [2.24, 2.45) is 5.73 Å². The fraction of sp³-hybridized carbons (Fsp3) is 0.412. The topological polar surface area (TPSA) is 513 Å². The number of halogens is 2. The number of ether oxygens (including phenoxy) is 18. The van der Waals surface area contributed by atoms with E-state index in [2.05, 4.69) is 26.3 Å². The third-order valence-electron chi connectivity index (χ3n) is 21.4. The highest BCUT2D eigenvalue weighted by Gasteiger charge is 2.59. The van der Waals surface area contributed by atoms with Crippen LogP contribution in [0.4, 0.5) is 31.7 Å². The summed E-state index contributed by atoms with van der Waals surface area (Å²) in [6.45, 7) is 10.9. The molecule has 1 amide bonds. The maximum Gasteiger partial charge on any atom is 0.351 e. The molecule has 8 aromatic carbocycles. The summed E-state index contributed by atoms with van der Waals surface area (Å²) in [5, 5.41) is 64.2. The number of nitrogens with one attached hydrogen (secondary N) is 4. The molecule has 41 heteroatoms. The van der Waals surface area contributed by atoms with Gasteiger partial charge in [0.05, 0.1) is 221 Å². The van der Waals surface area contributed by atoms with Gasteiger partial charge in [0.2, 0.25) is 6.23 Å². The number of allylic oxidation sites excluding steroid dienone is 4. The van der Waals surface area contributed by atoms with Gasteiger partial charge < -0.3 is 138 Å². The second-order valence-corrected chi connectivity index (χ2v) is 31.4. The van der Waals surface area contributed by atoms with Crippen LogP contribution in [-0.2, 0) is 99.7 Å². The Balaban J connectivity index is 0.000000194. The Hall–Kier alpha value is -12.5. The first-order chi connectivity index (χ1) is 69.6. The van der Waals surface area contributed by atoms with Crippen LogP contribution in [0.3, 0.4) is 0 Å². The second kappa shape index (κ2) is 62.1. The van der Waals surface area contributed by atoms with Crippen LogP contribution < -0.4 is 37.4 Å². The SMILES string of the molecule is COc1ccc2cccc3c2c1C(=O)C=C3.NCCOCCOCCOCCOCC(=O)O.O=C(COCCOCCOCCOCCNc1ccc2cccc3c2c1C(=O)C=C3)Nc1ccn([C@H]2O[C@@H](CO)[C@@H](O)C2(F)F)c(=O)n1.O=C(O)COCCOCCOCCOCCNc1ccc2cccc3c2c1C(=O)C=C3.O=C(O)COCCOCCOCCOCCNc1ccc2cccc3c2c1C(=O)C=C3. The van der Waals surface area contributed by atoms with E-state index in [1.165, 1.54) is 0 Å². The zero-order valence-electron chi connectivity index (χ0n) is 79.2. The van der Waals surface area contributed by atoms with Crippen LogP contribution >= 0.6 is 0 Å². The molecular formula is C102H121F2N7O32. The minimum absolute atomic E-state index is 0.0109. The predicted molar refractivity (Wildman–Crippen MR) is 525 cm³/mol. The van der Waals surface area contributed by atoms with Crippen molar-refractivity contribution in [2.75, 3.05) is 273 Å². The lowest BCUT2D eigenvalue weighted by atomic mass is 9.91. The van der Waals surface area contributed by atoms with Gasteiger partial charge in [-0.3, -0.25) is 28.5 Å². The van der Waals surface area contributed by atoms with E-state index in [0.29, 0.717) is 211 Å². The van der Waals surface area contributed by atoms with Crippen LogP contribution in [0.5, 0.6) is 5.75 Å². The first-order valence-electron chi connectivity index (χ1n) is 46.3. The number of nitrogens with zero attached hydrogens (tertiary/aromatic N) is 2. The van der Waals surface area contributed by atoms with Crippen LogP contribution in [0.1, 0.15) is 69.9 Å². The molecular weight excluding hydrogens is 1870 g/mol. The Bertz CT molecular complexity index is 5690. The zero-order chi connectivity index (χ0) is 102. The van der Waals surface area contributed by atoms with Gasteiger partial charge in [0.15, 0.2) is 29.2 Å². The first kappa shape index (κ1) is 112. The van der Waals surface area contributed by atoms with Crippen molar-refractivity contribution in [3.05, 3.63) is 213 Å². The molecule has 14 rings (SSSR count). The van der Waals surface area contributed by atoms with Crippen LogP contribution in [0, 0.1) is 0 Å². The molecule has 0 radical (unpaired) electrons. The molecule has 1 saturated heterocycles. The molecule has 0 bridgehead atoms. The lowest BCUT2D eigenvalue weighted by Crippen LogP contribution is -2.41. The number of alkyl halides is 2. The number of carbonyl (C=O) groups is 8. The van der Waals surface area contributed by atoms with Gasteiger partial charge in [-0.05, 0) is 98.4 Å². The fourth-order valence-corrected chi connectivity index (χ4v) is 14.9. The highest BCUT2D eigenvalue weighted by Crippen LogP contribution is 2.43. The number of anilines is 4. The van der Waals surface area contributed by atoms with E-state index in [1.807, 2.05) is 146 Å². The summed E-state index contributed by atoms with van der Waals surface area (Å²) < 4.78 is 123. The number of rotatable bonds is 62. The smallest absolute Gasteiger partial charge is 0.351 e. The Kier molecular flexibility index (Phi) is 48.8. The van der Waals surface area contributed by atoms with Crippen LogP contribution in [0.25, 0.3) is 67.4 Å². The molecule has 143 heavy (non-hydrogen) atoms. The number of aromatic nitrogens is 2. The molecule has 1 fully saturated rings. The van der Waals surface area contributed by atoms with E-state index in [-0.39, 0.29) is 88.4 Å². The van der Waals surface area contributed by atoms with Gasteiger partial charge in [0.1, 0.15) is 44.1 Å². The second-order valence-electron chi connectivity index (χ2n) is 31.4. The van der Waals surface area contributed by atoms with Crippen molar-refractivity contribution in [3.63, 3.8) is 0 Å². The van der Waals surface area contributed by atoms with E-state index in [4.69, 9.17) is 111 Å². The molecule has 3 atom stereocenters. The molecule has 0 saturated carbocycles. The quantitative estimate of drug-likeness (QED) is 0.0159. The summed E-state index contributed by atoms with van der Waals surface area (Å²) in [5.74, 6) is -6.99. The Labute approximate surface area is 822 Å². The maximum atomic E-state index is 14.3. The number of aliphatic hydroxyl groups excluding tert-OH is 2. The normalized spacial score (nSPS) is 14.7. The number of carboxylic acids is 3. The Morgan fingerprint density at radius 3 is 0.979 bits per heavy atom. The third kappa shape index (κ3) is 36.1. The molecule has 0 spiro atoms. The number of aliphatic hydroxyl groups is 2. The van der Waals surface area contributed by atoms with E-state index in [9.17, 15) is 57.0 Å². The van der Waals surface area contributed by atoms with Gasteiger partial charge in [-0.15, -0.1) is 0 Å². The number of ketones is 4. The number of carbonyl (C=O) groups excluding carboxylic acids is 5. The average molecular weight is 2000 g/mol. The molecule has 4 aliphatic carbocycles. The van der Waals surface area contributed by atoms with Crippen LogP contribution in [0.15, 0.2) is 163 Å². The molecule has 2 heterocycles. The number of methoxy groups -OCH3 is 1. The summed E-state index contributed by atoms with van der Waals surface area (Å²) in [6, 6.07) is 40.8. The predicted octanol–water partition coefficient (Wildman–Crippen LogP) is 8.99. The van der Waals surface area contributed by atoms with Crippen molar-refractivity contribution in [1.29, 1.82) is 0 Å². The molecule has 9 aromatic rings. The van der Waals surface area contributed by atoms with E-state index >= 15 is 0 Å². The number of nitrogens with two attached hydrogens (primary N) is 1. The Morgan fingerprint density at radius 1 is 0.385 bits per heavy atom. The zero-order valence-corrected chi connectivity index (χ0v) is 79.2. The minimum Gasteiger partial charge on any atom is -0.496 e. The minimum atomic E-state index is -3.85. The van der Waals surface area contributed by atoms with E-state index < -0.39 is 60.5 Å². The number of aliphatic carboxylic acids is 3. The number of hydrogen-bond acceptors (Lipinski definition) is 34. The van der Waals surface area contributed by atoms with Crippen molar-refractivity contribution in [3.8, 4) is 5.75 Å². The summed E-state index contributed by atoms with van der Waals surface area (Å²) in [7, 11) is 1.59. The molecule has 39 nitrogen and oxygen atoms in total. The number of hydrogen-bond donors (Lipinski definition) is 10. The van der Waals surface area contributed by atoms with Gasteiger partial charge in [-0.2, -0.15) is 13.8 Å². The standard InChI is InChI=1S/C32H36F2N4O10.2C23H27NO7.C14H10O2.C10H21NO6/c33-32(34)29(42)24(18-39)48-30(32)38-10-8-25(37-31(38)43)36-26(41)19-47-17-16-46-15-14-45-13-12-44-11-9-35-22-6-4-20-2-1-3-21-5-7-23(40)28(22)27(20)21;2*25-20-7-5-18-3-1-2-17-4-6-19(23(20)22(17)18)24-8-9-28-10-11-29-12-13-30-14-15-31-16-21(26)27;1-16-12-8-6-10-4-2-3-9-5-7-11(15)14(12)13(9)10;11-1-2-14-3-4-15-5-6-16-7-8-17-9-10(12)13/h1-8,10,24,29-30,35,39,42H,9,11-19H2,(H,36,37,41,43);2*1-7,24H,8-16H2,(H,26,27);2-8H,1H3;1-9,11H2,(H,12,13)/t24-,29+,30-;;;;/m0..../s1. The summed E-state index contributed by atoms with van der Waals surface area (Å²) >= 11 is 0. The van der Waals surface area contributed by atoms with Gasteiger partial charge >= 0.3 is 29.5 Å². The molecule has 0 unspecified atom stereocenters. The van der Waals surface area contributed by atoms with Gasteiger partial charge in [-0.1, -0.05) is 121 Å². The molecule has 11 N–H and O–H groups in total. The van der Waals surface area contributed by atoms with Crippen molar-refractivity contribution in [1.82, 2.24) is 9.55 Å². The van der Waals surface area contributed by atoms with Gasteiger partial charge in [0.25, 0.3) is 5.91 Å². The summed E-state index contributed by atoms with van der Waals surface area (Å²) in [5.41, 5.74) is 13.5. The molecule has 1 aliphatic heterocycles. The molecule has 5 aliphatic rings. The first-order valence-corrected chi connectivity index (χ1v) is 46.3. The largest absolute Gasteiger partial charge is 0.496 e. The Morgan fingerprint density at radius 2 is 0.678 bits per heavy atom. The highest BCUT2D eigenvalue weighted by atomic mass is 19.3. The maximum absolute atomic E-state index is 14.3. The third-order valence-corrected chi connectivity index (χ3v) is 21.4. The lowest BCUT2D eigenvalue weighted by molar-refractivity contribution is -0.143. The fourth-order valence-electron chi connectivity index (χ4n) is 14.9. The van der Waals surface area contributed by atoms with E-state index in [0.717, 1.165) is 94.7 Å². The molecule has 770 valence electrons. The summed E-state index contributed by atoms with van der Waals surface area (Å²) in [4.78, 5) is 108. The highest BCUT2D eigenvalue weighted by molar-refractivity contribution is 6.25. The van der Waals surface area contributed by atoms with Crippen molar-refractivity contribution >= 4 is 137 Å².